The van der Waals surface area contributed by atoms with E-state index in [0.29, 0.717) is 36.4 Å². The van der Waals surface area contributed by atoms with E-state index in [0.717, 1.165) is 25.0 Å². The lowest BCUT2D eigenvalue weighted by molar-refractivity contribution is -0.137. The highest BCUT2D eigenvalue weighted by Gasteiger charge is 2.40. The van der Waals surface area contributed by atoms with Crippen LogP contribution in [-0.2, 0) is 6.18 Å². The van der Waals surface area contributed by atoms with E-state index < -0.39 is 11.7 Å². The first-order valence-corrected chi connectivity index (χ1v) is 6.91. The van der Waals surface area contributed by atoms with E-state index in [-0.39, 0.29) is 6.04 Å². The molecule has 2 bridgehead atoms. The van der Waals surface area contributed by atoms with Crippen LogP contribution in [-0.4, -0.2) is 24.1 Å². The second-order valence-corrected chi connectivity index (χ2v) is 5.93. The minimum Gasteiger partial charge on any atom is -0.356 e. The lowest BCUT2D eigenvalue weighted by Crippen LogP contribution is -2.49. The van der Waals surface area contributed by atoms with Crippen LogP contribution in [0.1, 0.15) is 24.1 Å². The van der Waals surface area contributed by atoms with Crippen LogP contribution in [0.15, 0.2) is 12.1 Å². The zero-order chi connectivity index (χ0) is 14.5. The van der Waals surface area contributed by atoms with Gasteiger partial charge in [0.25, 0.3) is 0 Å². The summed E-state index contributed by atoms with van der Waals surface area (Å²) in [6.45, 7) is 3.03. The molecule has 1 unspecified atom stereocenters. The predicted molar refractivity (Wildman–Crippen MR) is 70.4 cm³/mol. The van der Waals surface area contributed by atoms with Crippen LogP contribution in [0.25, 0.3) is 0 Å². The minimum absolute atomic E-state index is 0.193. The van der Waals surface area contributed by atoms with Crippen LogP contribution in [0.4, 0.5) is 19.0 Å². The number of hydrogen-bond acceptors (Lipinski definition) is 3. The maximum atomic E-state index is 12.9. The molecule has 2 heterocycles. The van der Waals surface area contributed by atoms with Gasteiger partial charge in [0.1, 0.15) is 5.82 Å². The van der Waals surface area contributed by atoms with Gasteiger partial charge in [-0.3, -0.25) is 0 Å². The molecule has 110 valence electrons. The van der Waals surface area contributed by atoms with E-state index >= 15 is 0 Å². The van der Waals surface area contributed by atoms with E-state index in [2.05, 4.69) is 4.98 Å². The highest BCUT2D eigenvalue weighted by molar-refractivity contribution is 5.44. The number of fused-ring (bicyclic) bond motifs is 2. The largest absolute Gasteiger partial charge is 0.416 e. The second-order valence-electron chi connectivity index (χ2n) is 5.93. The van der Waals surface area contributed by atoms with Crippen molar-refractivity contribution >= 4 is 5.82 Å². The Hall–Kier alpha value is -1.30. The molecule has 0 aromatic carbocycles. The number of rotatable bonds is 1. The Morgan fingerprint density at radius 2 is 1.80 bits per heavy atom. The Bertz CT molecular complexity index is 501. The summed E-state index contributed by atoms with van der Waals surface area (Å²) in [6.07, 6.45) is -2.19. The molecular weight excluding hydrogens is 267 g/mol. The SMILES string of the molecule is Cc1cc(C(F)(F)F)cc(N2C[C@H]3CC[C@@H](C2)C3N)n1. The van der Waals surface area contributed by atoms with Gasteiger partial charge in [-0.2, -0.15) is 13.2 Å². The van der Waals surface area contributed by atoms with E-state index in [4.69, 9.17) is 5.73 Å². The van der Waals surface area contributed by atoms with Gasteiger partial charge in [0.05, 0.1) is 5.56 Å². The lowest BCUT2D eigenvalue weighted by Gasteiger charge is -2.37. The average Bonchev–Trinajstić information content (AvgIpc) is 2.60. The Labute approximate surface area is 116 Å². The van der Waals surface area contributed by atoms with E-state index in [1.54, 1.807) is 6.92 Å². The summed E-state index contributed by atoms with van der Waals surface area (Å²) in [5.74, 6) is 1.19. The van der Waals surface area contributed by atoms with Gasteiger partial charge >= 0.3 is 6.18 Å². The predicted octanol–water partition coefficient (Wildman–Crippen LogP) is 2.58. The van der Waals surface area contributed by atoms with Crippen molar-refractivity contribution in [2.24, 2.45) is 17.6 Å². The van der Waals surface area contributed by atoms with Gasteiger partial charge in [-0.15, -0.1) is 0 Å². The maximum absolute atomic E-state index is 12.9. The molecule has 1 aliphatic carbocycles. The highest BCUT2D eigenvalue weighted by atomic mass is 19.4. The fourth-order valence-corrected chi connectivity index (χ4v) is 3.43. The standard InChI is InChI=1S/C14H18F3N3/c1-8-4-11(14(15,16)17)5-12(19-8)20-6-9-2-3-10(7-20)13(9)18/h4-5,9-10,13H,2-3,6-7,18H2,1H3/t9-,10+,13?. The summed E-state index contributed by atoms with van der Waals surface area (Å²) < 4.78 is 38.6. The molecule has 1 saturated carbocycles. The van der Waals surface area contributed by atoms with Gasteiger partial charge in [0.15, 0.2) is 0 Å². The second kappa shape index (κ2) is 4.62. The van der Waals surface area contributed by atoms with Gasteiger partial charge in [0, 0.05) is 24.8 Å². The van der Waals surface area contributed by atoms with Crippen molar-refractivity contribution in [3.05, 3.63) is 23.4 Å². The van der Waals surface area contributed by atoms with Gasteiger partial charge in [-0.05, 0) is 43.7 Å². The zero-order valence-corrected chi connectivity index (χ0v) is 11.3. The first-order chi connectivity index (χ1) is 9.34. The van der Waals surface area contributed by atoms with Gasteiger partial charge in [-0.1, -0.05) is 0 Å². The number of nitrogens with two attached hydrogens (primary N) is 1. The number of aryl methyl sites for hydroxylation is 1. The fraction of sp³-hybridized carbons (Fsp3) is 0.643. The molecule has 3 atom stereocenters. The van der Waals surface area contributed by atoms with Crippen LogP contribution < -0.4 is 10.6 Å². The van der Waals surface area contributed by atoms with Crippen LogP contribution >= 0.6 is 0 Å². The van der Waals surface area contributed by atoms with Crippen molar-refractivity contribution < 1.29 is 13.2 Å². The molecule has 1 aromatic heterocycles. The normalized spacial score (nSPS) is 29.9. The summed E-state index contributed by atoms with van der Waals surface area (Å²) in [5.41, 5.74) is 5.90. The van der Waals surface area contributed by atoms with Crippen LogP contribution in [0, 0.1) is 18.8 Å². The number of alkyl halides is 3. The van der Waals surface area contributed by atoms with Crippen molar-refractivity contribution in [2.75, 3.05) is 18.0 Å². The third-order valence-corrected chi connectivity index (χ3v) is 4.50. The summed E-state index contributed by atoms with van der Waals surface area (Å²) in [7, 11) is 0. The van der Waals surface area contributed by atoms with Crippen molar-refractivity contribution in [3.8, 4) is 0 Å². The van der Waals surface area contributed by atoms with Crippen LogP contribution in [0.5, 0.6) is 0 Å². The maximum Gasteiger partial charge on any atom is 0.416 e. The van der Waals surface area contributed by atoms with Crippen molar-refractivity contribution in [1.29, 1.82) is 0 Å². The molecule has 0 amide bonds. The summed E-state index contributed by atoms with van der Waals surface area (Å²) >= 11 is 0. The number of halogens is 3. The van der Waals surface area contributed by atoms with Gasteiger partial charge in [-0.25, -0.2) is 4.98 Å². The average molecular weight is 285 g/mol. The molecule has 2 N–H and O–H groups in total. The smallest absolute Gasteiger partial charge is 0.356 e. The number of pyridine rings is 1. The molecular formula is C14H18F3N3. The molecule has 3 nitrogen and oxygen atoms in total. The minimum atomic E-state index is -4.33. The quantitative estimate of drug-likeness (QED) is 0.862. The monoisotopic (exact) mass is 285 g/mol. The molecule has 6 heteroatoms. The number of anilines is 1. The third-order valence-electron chi connectivity index (χ3n) is 4.50. The van der Waals surface area contributed by atoms with E-state index in [1.165, 1.54) is 0 Å². The Kier molecular flexibility index (Phi) is 3.16. The third kappa shape index (κ3) is 2.37. The van der Waals surface area contributed by atoms with Gasteiger partial charge < -0.3 is 10.6 Å². The van der Waals surface area contributed by atoms with Crippen LogP contribution in [0.2, 0.25) is 0 Å². The van der Waals surface area contributed by atoms with Crippen molar-refractivity contribution in [1.82, 2.24) is 4.98 Å². The molecule has 0 spiro atoms. The number of nitrogens with zero attached hydrogens (tertiary/aromatic N) is 2. The number of aromatic nitrogens is 1. The molecule has 2 fully saturated rings. The topological polar surface area (TPSA) is 42.1 Å². The first-order valence-electron chi connectivity index (χ1n) is 6.91. The number of hydrogen-bond donors (Lipinski definition) is 1. The van der Waals surface area contributed by atoms with E-state index in [9.17, 15) is 13.2 Å². The zero-order valence-electron chi connectivity index (χ0n) is 11.3. The van der Waals surface area contributed by atoms with Crippen LogP contribution in [0.3, 0.4) is 0 Å². The summed E-state index contributed by atoms with van der Waals surface area (Å²) in [5, 5.41) is 0. The first kappa shape index (κ1) is 13.7. The Morgan fingerprint density at radius 1 is 1.20 bits per heavy atom. The summed E-state index contributed by atoms with van der Waals surface area (Å²) in [6, 6.07) is 2.44. The molecule has 2 aliphatic rings. The fourth-order valence-electron chi connectivity index (χ4n) is 3.43. The summed E-state index contributed by atoms with van der Waals surface area (Å²) in [4.78, 5) is 6.24. The molecule has 3 rings (SSSR count). The van der Waals surface area contributed by atoms with E-state index in [1.807, 2.05) is 4.90 Å². The molecule has 20 heavy (non-hydrogen) atoms. The number of piperidine rings is 1. The van der Waals surface area contributed by atoms with Crippen molar-refractivity contribution in [3.63, 3.8) is 0 Å². The molecule has 1 aliphatic heterocycles. The Morgan fingerprint density at radius 3 is 2.35 bits per heavy atom. The molecule has 0 radical (unpaired) electrons. The molecule has 1 aromatic rings. The van der Waals surface area contributed by atoms with Gasteiger partial charge in [0.2, 0.25) is 0 Å². The Balaban J connectivity index is 1.89. The highest BCUT2D eigenvalue weighted by Crippen LogP contribution is 2.38. The van der Waals surface area contributed by atoms with Crippen molar-refractivity contribution in [2.45, 2.75) is 32.0 Å². The molecule has 1 saturated heterocycles. The lowest BCUT2D eigenvalue weighted by atomic mass is 9.93.